The molecule has 0 fully saturated rings. The highest BCUT2D eigenvalue weighted by Crippen LogP contribution is 2.29. The lowest BCUT2D eigenvalue weighted by Crippen LogP contribution is -1.97. The summed E-state index contributed by atoms with van der Waals surface area (Å²) >= 11 is 0. The zero-order valence-electron chi connectivity index (χ0n) is 11.1. The van der Waals surface area contributed by atoms with Crippen LogP contribution in [-0.2, 0) is 12.8 Å². The van der Waals surface area contributed by atoms with Gasteiger partial charge < -0.3 is 4.74 Å². The van der Waals surface area contributed by atoms with Crippen molar-refractivity contribution in [3.8, 4) is 23.8 Å². The maximum Gasteiger partial charge on any atom is 0.237 e. The molecule has 102 valence electrons. The van der Waals surface area contributed by atoms with E-state index >= 15 is 0 Å². The molecule has 1 aliphatic rings. The first-order valence-electron chi connectivity index (χ1n) is 6.51. The number of ether oxygens (including phenoxy) is 1. The van der Waals surface area contributed by atoms with Gasteiger partial charge in [-0.2, -0.15) is 10.5 Å². The van der Waals surface area contributed by atoms with E-state index in [1.807, 2.05) is 6.07 Å². The third-order valence-electron chi connectivity index (χ3n) is 3.41. The van der Waals surface area contributed by atoms with Crippen molar-refractivity contribution in [3.05, 3.63) is 52.5 Å². The van der Waals surface area contributed by atoms with Gasteiger partial charge in [-0.3, -0.25) is 0 Å². The zero-order valence-corrected chi connectivity index (χ0v) is 11.1. The van der Waals surface area contributed by atoms with Gasteiger partial charge in [-0.15, -0.1) is 0 Å². The van der Waals surface area contributed by atoms with Crippen LogP contribution in [0.2, 0.25) is 0 Å². The molecule has 5 heteroatoms. The Kier molecular flexibility index (Phi) is 3.25. The summed E-state index contributed by atoms with van der Waals surface area (Å²) in [7, 11) is 0. The average Bonchev–Trinajstić information content (AvgIpc) is 2.93. The van der Waals surface area contributed by atoms with Gasteiger partial charge in [-0.25, -0.2) is 9.37 Å². The number of hydrogen-bond donors (Lipinski definition) is 0. The predicted octanol–water partition coefficient (Wildman–Crippen LogP) is 3.25. The van der Waals surface area contributed by atoms with Gasteiger partial charge in [0, 0.05) is 11.8 Å². The summed E-state index contributed by atoms with van der Waals surface area (Å²) in [6.07, 6.45) is 2.80. The predicted molar refractivity (Wildman–Crippen MR) is 72.2 cm³/mol. The van der Waals surface area contributed by atoms with Gasteiger partial charge in [0.2, 0.25) is 5.88 Å². The molecule has 0 bridgehead atoms. The first-order valence-corrected chi connectivity index (χ1v) is 6.51. The van der Waals surface area contributed by atoms with E-state index in [1.165, 1.54) is 12.1 Å². The van der Waals surface area contributed by atoms with Gasteiger partial charge in [-0.05, 0) is 43.0 Å². The second-order valence-electron chi connectivity index (χ2n) is 4.77. The number of nitriles is 2. The summed E-state index contributed by atoms with van der Waals surface area (Å²) in [6, 6.07) is 9.52. The van der Waals surface area contributed by atoms with Crippen LogP contribution < -0.4 is 4.74 Å². The monoisotopic (exact) mass is 279 g/mol. The molecule has 0 amide bonds. The molecule has 0 spiro atoms. The number of rotatable bonds is 2. The van der Waals surface area contributed by atoms with Crippen molar-refractivity contribution in [2.45, 2.75) is 19.3 Å². The van der Waals surface area contributed by atoms with Crippen molar-refractivity contribution in [2.75, 3.05) is 0 Å². The summed E-state index contributed by atoms with van der Waals surface area (Å²) in [4.78, 5) is 4.36. The molecule has 0 saturated carbocycles. The molecule has 2 aromatic rings. The number of pyridine rings is 1. The minimum atomic E-state index is -0.658. The Morgan fingerprint density at radius 2 is 1.90 bits per heavy atom. The summed E-state index contributed by atoms with van der Waals surface area (Å²) in [5, 5.41) is 17.9. The van der Waals surface area contributed by atoms with Gasteiger partial charge >= 0.3 is 0 Å². The van der Waals surface area contributed by atoms with E-state index in [-0.39, 0.29) is 17.2 Å². The lowest BCUT2D eigenvalue weighted by atomic mass is 10.1. The number of aromatic nitrogens is 1. The summed E-state index contributed by atoms with van der Waals surface area (Å²) in [5.74, 6) is -0.259. The van der Waals surface area contributed by atoms with E-state index in [9.17, 15) is 9.65 Å². The van der Waals surface area contributed by atoms with Gasteiger partial charge in [0.15, 0.2) is 0 Å². The first-order chi connectivity index (χ1) is 10.2. The maximum absolute atomic E-state index is 13.6. The minimum absolute atomic E-state index is 0.0511. The Hall–Kier alpha value is -2.92. The van der Waals surface area contributed by atoms with Crippen LogP contribution in [0.4, 0.5) is 4.39 Å². The second kappa shape index (κ2) is 5.22. The van der Waals surface area contributed by atoms with Crippen molar-refractivity contribution in [1.82, 2.24) is 4.98 Å². The molecule has 0 unspecified atom stereocenters. The van der Waals surface area contributed by atoms with E-state index in [4.69, 9.17) is 10.00 Å². The molecule has 0 radical (unpaired) electrons. The molecule has 0 atom stereocenters. The van der Waals surface area contributed by atoms with Crippen LogP contribution in [0.5, 0.6) is 11.6 Å². The van der Waals surface area contributed by atoms with E-state index in [2.05, 4.69) is 4.98 Å². The minimum Gasteiger partial charge on any atom is -0.438 e. The highest BCUT2D eigenvalue weighted by molar-refractivity contribution is 5.46. The van der Waals surface area contributed by atoms with E-state index in [0.717, 1.165) is 36.6 Å². The van der Waals surface area contributed by atoms with Crippen molar-refractivity contribution >= 4 is 0 Å². The molecule has 1 heterocycles. The Morgan fingerprint density at radius 1 is 1.10 bits per heavy atom. The third-order valence-corrected chi connectivity index (χ3v) is 3.41. The van der Waals surface area contributed by atoms with Crippen LogP contribution in [0.15, 0.2) is 24.3 Å². The molecular weight excluding hydrogens is 269 g/mol. The van der Waals surface area contributed by atoms with Crippen molar-refractivity contribution < 1.29 is 9.13 Å². The van der Waals surface area contributed by atoms with Gasteiger partial charge in [0.25, 0.3) is 0 Å². The quantitative estimate of drug-likeness (QED) is 0.846. The Morgan fingerprint density at radius 3 is 2.62 bits per heavy atom. The fourth-order valence-corrected chi connectivity index (χ4v) is 2.37. The molecule has 3 rings (SSSR count). The normalized spacial score (nSPS) is 12.3. The van der Waals surface area contributed by atoms with E-state index in [0.29, 0.717) is 5.56 Å². The summed E-state index contributed by atoms with van der Waals surface area (Å²) in [5.41, 5.74) is 2.29. The number of aryl methyl sites for hydroxylation is 2. The molecule has 0 aliphatic heterocycles. The maximum atomic E-state index is 13.6. The zero-order chi connectivity index (χ0) is 14.8. The molecule has 0 N–H and O–H groups in total. The molecular formula is C16H10FN3O. The van der Waals surface area contributed by atoms with Crippen molar-refractivity contribution in [3.63, 3.8) is 0 Å². The SMILES string of the molecule is N#Cc1ccc(Oc2nc3c(cc2C#N)CCC3)cc1F. The van der Waals surface area contributed by atoms with Gasteiger partial charge in [-0.1, -0.05) is 0 Å². The lowest BCUT2D eigenvalue weighted by molar-refractivity contribution is 0.454. The number of halogens is 1. The Balaban J connectivity index is 1.97. The van der Waals surface area contributed by atoms with Gasteiger partial charge in [0.1, 0.15) is 29.3 Å². The molecule has 1 aromatic heterocycles. The van der Waals surface area contributed by atoms with Crippen LogP contribution in [0.3, 0.4) is 0 Å². The van der Waals surface area contributed by atoms with Crippen LogP contribution >= 0.6 is 0 Å². The molecule has 1 aliphatic carbocycles. The van der Waals surface area contributed by atoms with E-state index in [1.54, 1.807) is 12.1 Å². The van der Waals surface area contributed by atoms with Crippen LogP contribution in [0.1, 0.15) is 28.8 Å². The fourth-order valence-electron chi connectivity index (χ4n) is 2.37. The smallest absolute Gasteiger partial charge is 0.237 e. The first kappa shape index (κ1) is 13.1. The molecule has 4 nitrogen and oxygen atoms in total. The van der Waals surface area contributed by atoms with Crippen LogP contribution in [-0.4, -0.2) is 4.98 Å². The lowest BCUT2D eigenvalue weighted by Gasteiger charge is -2.09. The number of fused-ring (bicyclic) bond motifs is 1. The Bertz CT molecular complexity index is 802. The van der Waals surface area contributed by atoms with Crippen molar-refractivity contribution in [2.24, 2.45) is 0 Å². The summed E-state index contributed by atoms with van der Waals surface area (Å²) in [6.45, 7) is 0. The van der Waals surface area contributed by atoms with Crippen molar-refractivity contribution in [1.29, 1.82) is 10.5 Å². The number of hydrogen-bond acceptors (Lipinski definition) is 4. The Labute approximate surface area is 121 Å². The highest BCUT2D eigenvalue weighted by atomic mass is 19.1. The highest BCUT2D eigenvalue weighted by Gasteiger charge is 2.18. The van der Waals surface area contributed by atoms with Crippen LogP contribution in [0.25, 0.3) is 0 Å². The van der Waals surface area contributed by atoms with Crippen LogP contribution in [0, 0.1) is 28.5 Å². The topological polar surface area (TPSA) is 69.7 Å². The second-order valence-corrected chi connectivity index (χ2v) is 4.77. The molecule has 0 saturated heterocycles. The largest absolute Gasteiger partial charge is 0.438 e. The standard InChI is InChI=1S/C16H10FN3O/c17-14-7-13(5-4-11(14)8-18)21-16-12(9-19)6-10-2-1-3-15(10)20-16/h4-7H,1-3H2. The summed E-state index contributed by atoms with van der Waals surface area (Å²) < 4.78 is 19.1. The third kappa shape index (κ3) is 2.42. The number of benzene rings is 1. The molecule has 21 heavy (non-hydrogen) atoms. The fraction of sp³-hybridized carbons (Fsp3) is 0.188. The average molecular weight is 279 g/mol. The molecule has 1 aromatic carbocycles. The number of nitrogens with zero attached hydrogens (tertiary/aromatic N) is 3. The van der Waals surface area contributed by atoms with Gasteiger partial charge in [0.05, 0.1) is 5.56 Å². The van der Waals surface area contributed by atoms with E-state index < -0.39 is 5.82 Å².